The van der Waals surface area contributed by atoms with Crippen molar-refractivity contribution in [2.45, 2.75) is 0 Å². The summed E-state index contributed by atoms with van der Waals surface area (Å²) in [6.45, 7) is 0. The first-order valence-electron chi connectivity index (χ1n) is 23.6. The van der Waals surface area contributed by atoms with Gasteiger partial charge in [0.1, 0.15) is 11.6 Å². The third kappa shape index (κ3) is 5.52. The summed E-state index contributed by atoms with van der Waals surface area (Å²) >= 11 is 0. The molecule has 0 bridgehead atoms. The Bertz CT molecular complexity index is 4300. The van der Waals surface area contributed by atoms with Crippen LogP contribution in [0.2, 0.25) is 0 Å². The summed E-state index contributed by atoms with van der Waals surface area (Å²) in [5.41, 5.74) is 14.2. The van der Waals surface area contributed by atoms with Crippen molar-refractivity contribution in [3.05, 3.63) is 231 Å². The molecule has 8 heteroatoms. The number of hydrogen-bond acceptors (Lipinski definition) is 4. The van der Waals surface area contributed by atoms with E-state index < -0.39 is 0 Å². The van der Waals surface area contributed by atoms with Gasteiger partial charge in [0.15, 0.2) is 0 Å². The summed E-state index contributed by atoms with van der Waals surface area (Å²) in [5.74, 6) is 1.66. The number of fused-ring (bicyclic) bond motifs is 14. The van der Waals surface area contributed by atoms with Crippen molar-refractivity contribution in [3.8, 4) is 45.8 Å². The van der Waals surface area contributed by atoms with Gasteiger partial charge in [-0.25, -0.2) is 9.97 Å². The lowest BCUT2D eigenvalue weighted by molar-refractivity contribution is 1.07. The second-order valence-electron chi connectivity index (χ2n) is 17.8. The van der Waals surface area contributed by atoms with E-state index in [1.165, 1.54) is 32.3 Å². The highest BCUT2D eigenvalue weighted by Gasteiger charge is 2.25. The molecule has 15 aromatic rings. The Morgan fingerprint density at radius 1 is 0.243 bits per heavy atom. The minimum atomic E-state index is 0.820. The highest BCUT2D eigenvalue weighted by atomic mass is 15.1. The molecule has 0 aliphatic carbocycles. The Morgan fingerprint density at radius 3 is 0.957 bits per heavy atom. The van der Waals surface area contributed by atoms with Gasteiger partial charge >= 0.3 is 0 Å². The maximum absolute atomic E-state index is 5.32. The van der Waals surface area contributed by atoms with Crippen LogP contribution < -0.4 is 0 Å². The van der Waals surface area contributed by atoms with E-state index in [4.69, 9.17) is 9.97 Å². The zero-order valence-corrected chi connectivity index (χ0v) is 37.5. The monoisotopic (exact) mass is 894 g/mol. The largest absolute Gasteiger partial charge is 0.307 e. The lowest BCUT2D eigenvalue weighted by atomic mass is 10.1. The molecule has 0 radical (unpaired) electrons. The second kappa shape index (κ2) is 14.9. The van der Waals surface area contributed by atoms with Gasteiger partial charge in [0, 0.05) is 66.9 Å². The Kier molecular flexibility index (Phi) is 8.20. The molecule has 0 saturated heterocycles. The van der Waals surface area contributed by atoms with Crippen LogP contribution >= 0.6 is 0 Å². The topological polar surface area (TPSA) is 71.3 Å². The summed E-state index contributed by atoms with van der Waals surface area (Å²) in [5, 5.41) is 9.35. The van der Waals surface area contributed by atoms with Gasteiger partial charge < -0.3 is 9.13 Å². The number of rotatable bonds is 6. The molecule has 7 aromatic carbocycles. The maximum atomic E-state index is 5.32. The Labute approximate surface area is 400 Å². The van der Waals surface area contributed by atoms with Gasteiger partial charge in [0.2, 0.25) is 0 Å². The highest BCUT2D eigenvalue weighted by Crippen LogP contribution is 2.44. The molecular weight excluding hydrogens is 857 g/mol. The quantitative estimate of drug-likeness (QED) is 0.167. The average molecular weight is 895 g/mol. The van der Waals surface area contributed by atoms with Crippen LogP contribution in [0.15, 0.2) is 231 Å². The number of pyridine rings is 4. The molecule has 0 amide bonds. The SMILES string of the molecule is c1ccc(-c2cccc(-n3c4ccccc4c4ccc5c6ccccc6n(-c6cccc(-n7c8ccccc8c8ccc9c%10ccccc%10n(-c%10cccc(-c%11ccccn%11)n%10)c9c87)c6)c5c43)n2)nc1. The molecule has 8 nitrogen and oxygen atoms in total. The molecule has 0 aliphatic heterocycles. The summed E-state index contributed by atoms with van der Waals surface area (Å²) in [7, 11) is 0. The normalized spacial score (nSPS) is 12.0. The maximum Gasteiger partial charge on any atom is 0.138 e. The Balaban J connectivity index is 1.03. The van der Waals surface area contributed by atoms with Gasteiger partial charge in [-0.05, 0) is 91.0 Å². The van der Waals surface area contributed by atoms with Gasteiger partial charge in [-0.3, -0.25) is 19.1 Å². The van der Waals surface area contributed by atoms with Crippen LogP contribution in [-0.4, -0.2) is 38.2 Å². The van der Waals surface area contributed by atoms with Crippen LogP contribution in [0, 0.1) is 0 Å². The number of nitrogens with zero attached hydrogens (tertiary/aromatic N) is 8. The fourth-order valence-electron chi connectivity index (χ4n) is 11.2. The first-order valence-corrected chi connectivity index (χ1v) is 23.6. The van der Waals surface area contributed by atoms with Crippen molar-refractivity contribution in [2.75, 3.05) is 0 Å². The zero-order valence-electron chi connectivity index (χ0n) is 37.5. The standard InChI is InChI=1S/C62H38N8/c1-5-26-53-41(18-1)45-32-34-47-43-20-3-7-28-55(43)69(57-30-14-24-51(65-57)49-22-9-11-36-63-49)61(47)59(45)67(53)39-16-13-17-40(38-39)68-54-27-6-2-19-42(54)46-33-35-48-44-21-4-8-29-56(44)70(62(48)60(46)68)58-31-15-25-52(66-58)50-23-10-12-37-64-50/h1-38H. The number of aromatic nitrogens is 8. The van der Waals surface area contributed by atoms with E-state index in [-0.39, 0.29) is 0 Å². The van der Waals surface area contributed by atoms with Crippen molar-refractivity contribution < 1.29 is 0 Å². The Morgan fingerprint density at radius 2 is 0.571 bits per heavy atom. The molecule has 0 atom stereocenters. The first-order chi connectivity index (χ1) is 34.8. The lowest BCUT2D eigenvalue weighted by Crippen LogP contribution is -2.03. The molecule has 0 unspecified atom stereocenters. The first kappa shape index (κ1) is 38.4. The molecule has 8 aromatic heterocycles. The lowest BCUT2D eigenvalue weighted by Gasteiger charge is -2.15. The fourth-order valence-corrected chi connectivity index (χ4v) is 11.2. The molecule has 70 heavy (non-hydrogen) atoms. The third-order valence-corrected chi connectivity index (χ3v) is 14.1. The van der Waals surface area contributed by atoms with Crippen LogP contribution in [0.3, 0.4) is 0 Å². The molecule has 0 N–H and O–H groups in total. The molecule has 326 valence electrons. The third-order valence-electron chi connectivity index (χ3n) is 14.1. The second-order valence-corrected chi connectivity index (χ2v) is 17.8. The van der Waals surface area contributed by atoms with Gasteiger partial charge in [-0.1, -0.05) is 127 Å². The molecular formula is C62H38N8. The minimum Gasteiger partial charge on any atom is -0.307 e. The average Bonchev–Trinajstić information content (AvgIpc) is 4.17. The van der Waals surface area contributed by atoms with E-state index in [9.17, 15) is 0 Å². The van der Waals surface area contributed by atoms with E-state index in [2.05, 4.69) is 198 Å². The van der Waals surface area contributed by atoms with Crippen LogP contribution in [0.25, 0.3) is 133 Å². The molecule has 0 fully saturated rings. The van der Waals surface area contributed by atoms with Crippen molar-refractivity contribution in [3.63, 3.8) is 0 Å². The fraction of sp³-hybridized carbons (Fsp3) is 0. The highest BCUT2D eigenvalue weighted by molar-refractivity contribution is 6.25. The molecule has 0 aliphatic rings. The van der Waals surface area contributed by atoms with E-state index in [0.29, 0.717) is 0 Å². The van der Waals surface area contributed by atoms with Crippen molar-refractivity contribution in [2.24, 2.45) is 0 Å². The summed E-state index contributed by atoms with van der Waals surface area (Å²) in [6, 6.07) is 77.5. The zero-order chi connectivity index (χ0) is 45.9. The number of para-hydroxylation sites is 4. The molecule has 0 saturated carbocycles. The van der Waals surface area contributed by atoms with Crippen molar-refractivity contribution >= 4 is 87.2 Å². The smallest absolute Gasteiger partial charge is 0.138 e. The van der Waals surface area contributed by atoms with E-state index in [1.807, 2.05) is 60.9 Å². The minimum absolute atomic E-state index is 0.820. The number of benzene rings is 7. The van der Waals surface area contributed by atoms with Gasteiger partial charge in [-0.15, -0.1) is 0 Å². The van der Waals surface area contributed by atoms with Gasteiger partial charge in [0.25, 0.3) is 0 Å². The van der Waals surface area contributed by atoms with E-state index in [1.54, 1.807) is 0 Å². The van der Waals surface area contributed by atoms with Crippen molar-refractivity contribution in [1.29, 1.82) is 0 Å². The Hall–Kier alpha value is -9.66. The summed E-state index contributed by atoms with van der Waals surface area (Å²) in [6.07, 6.45) is 3.64. The predicted octanol–water partition coefficient (Wildman–Crippen LogP) is 15.0. The molecule has 15 rings (SSSR count). The van der Waals surface area contributed by atoms with Crippen LogP contribution in [0.4, 0.5) is 0 Å². The molecule has 8 heterocycles. The number of hydrogen-bond donors (Lipinski definition) is 0. The van der Waals surface area contributed by atoms with Gasteiger partial charge in [0.05, 0.1) is 66.9 Å². The van der Waals surface area contributed by atoms with Crippen LogP contribution in [-0.2, 0) is 0 Å². The van der Waals surface area contributed by atoms with E-state index >= 15 is 0 Å². The predicted molar refractivity (Wildman–Crippen MR) is 286 cm³/mol. The van der Waals surface area contributed by atoms with Crippen LogP contribution in [0.5, 0.6) is 0 Å². The van der Waals surface area contributed by atoms with Crippen LogP contribution in [0.1, 0.15) is 0 Å². The van der Waals surface area contributed by atoms with E-state index in [0.717, 1.165) is 101 Å². The van der Waals surface area contributed by atoms with Gasteiger partial charge in [-0.2, -0.15) is 0 Å². The summed E-state index contributed by atoms with van der Waals surface area (Å²) in [4.78, 5) is 20.0. The summed E-state index contributed by atoms with van der Waals surface area (Å²) < 4.78 is 9.61. The van der Waals surface area contributed by atoms with Crippen molar-refractivity contribution in [1.82, 2.24) is 38.2 Å². The molecule has 0 spiro atoms.